The fourth-order valence-corrected chi connectivity index (χ4v) is 4.17. The molecule has 4 atom stereocenters. The Morgan fingerprint density at radius 2 is 2.03 bits per heavy atom. The molecule has 0 aliphatic heterocycles. The molecule has 6 heteroatoms. The standard InChI is InChI=1S/C25H33ClO5/c1-25(30,14-12-18-8-7-9-19(26)16-18)15-13-21-20(22(27)17-23(21)28)10-5-3-4-6-11-24(29)31-2/h7-9,16,20-21,23,28,30H,3-6,10-12,14,17H2,1-2H3/t20-,21-,23+,25-/m1/s1. The largest absolute Gasteiger partial charge is 0.469 e. The number of aryl methyl sites for hydroxylation is 1. The predicted octanol–water partition coefficient (Wildman–Crippen LogP) is 4.11. The molecular weight excluding hydrogens is 416 g/mol. The van der Waals surface area contributed by atoms with E-state index in [0.717, 1.165) is 31.2 Å². The van der Waals surface area contributed by atoms with Crippen LogP contribution in [0, 0.1) is 23.7 Å². The van der Waals surface area contributed by atoms with Gasteiger partial charge in [-0.15, -0.1) is 0 Å². The van der Waals surface area contributed by atoms with Crippen LogP contribution >= 0.6 is 11.6 Å². The van der Waals surface area contributed by atoms with Crippen LogP contribution in [0.3, 0.4) is 0 Å². The van der Waals surface area contributed by atoms with Gasteiger partial charge < -0.3 is 14.9 Å². The number of esters is 1. The Morgan fingerprint density at radius 1 is 1.29 bits per heavy atom. The summed E-state index contributed by atoms with van der Waals surface area (Å²) in [4.78, 5) is 23.5. The van der Waals surface area contributed by atoms with Crippen LogP contribution in [-0.4, -0.2) is 40.8 Å². The molecular formula is C25H33ClO5. The molecule has 0 heterocycles. The van der Waals surface area contributed by atoms with Crippen LogP contribution in [0.1, 0.15) is 63.9 Å². The zero-order valence-electron chi connectivity index (χ0n) is 18.4. The Kier molecular flexibility index (Phi) is 10.0. The first-order valence-corrected chi connectivity index (χ1v) is 11.4. The van der Waals surface area contributed by atoms with Gasteiger partial charge in [0.15, 0.2) is 0 Å². The number of hydrogen-bond acceptors (Lipinski definition) is 5. The molecule has 1 aliphatic rings. The Hall–Kier alpha value is -1.87. The van der Waals surface area contributed by atoms with E-state index in [1.807, 2.05) is 18.2 Å². The fourth-order valence-electron chi connectivity index (χ4n) is 3.96. The molecule has 170 valence electrons. The summed E-state index contributed by atoms with van der Waals surface area (Å²) in [7, 11) is 1.38. The van der Waals surface area contributed by atoms with Gasteiger partial charge in [0.1, 0.15) is 11.4 Å². The quantitative estimate of drug-likeness (QED) is 0.319. The number of Topliss-reactive ketones (excluding diaryl/α,β-unsaturated/α-hetero) is 1. The van der Waals surface area contributed by atoms with Crippen LogP contribution in [0.15, 0.2) is 24.3 Å². The number of ether oxygens (including phenoxy) is 1. The van der Waals surface area contributed by atoms with Gasteiger partial charge in [0.2, 0.25) is 0 Å². The van der Waals surface area contributed by atoms with E-state index >= 15 is 0 Å². The number of hydrogen-bond donors (Lipinski definition) is 2. The van der Waals surface area contributed by atoms with E-state index in [-0.39, 0.29) is 24.1 Å². The second kappa shape index (κ2) is 12.2. The molecule has 0 radical (unpaired) electrons. The first-order chi connectivity index (χ1) is 14.7. The lowest BCUT2D eigenvalue weighted by Gasteiger charge is -2.19. The molecule has 0 unspecified atom stereocenters. The molecule has 0 aromatic heterocycles. The van der Waals surface area contributed by atoms with Crippen LogP contribution < -0.4 is 0 Å². The number of carbonyl (C=O) groups excluding carboxylic acids is 2. The van der Waals surface area contributed by atoms with E-state index in [1.54, 1.807) is 13.0 Å². The van der Waals surface area contributed by atoms with Gasteiger partial charge in [-0.25, -0.2) is 0 Å². The average Bonchev–Trinajstić information content (AvgIpc) is 3.00. The van der Waals surface area contributed by atoms with Gasteiger partial charge >= 0.3 is 5.97 Å². The number of halogens is 1. The molecule has 1 aromatic rings. The van der Waals surface area contributed by atoms with Crippen LogP contribution in [0.5, 0.6) is 0 Å². The first kappa shape index (κ1) is 25.4. The summed E-state index contributed by atoms with van der Waals surface area (Å²) >= 11 is 6.01. The van der Waals surface area contributed by atoms with Gasteiger partial charge in [0, 0.05) is 23.8 Å². The number of unbranched alkanes of at least 4 members (excludes halogenated alkanes) is 3. The molecule has 2 rings (SSSR count). The highest BCUT2D eigenvalue weighted by atomic mass is 35.5. The van der Waals surface area contributed by atoms with E-state index in [1.165, 1.54) is 7.11 Å². The van der Waals surface area contributed by atoms with Crippen LogP contribution in [0.25, 0.3) is 0 Å². The lowest BCUT2D eigenvalue weighted by molar-refractivity contribution is -0.140. The Bertz CT molecular complexity index is 808. The fraction of sp³-hybridized carbons (Fsp3) is 0.600. The van der Waals surface area contributed by atoms with Crippen molar-refractivity contribution in [1.29, 1.82) is 0 Å². The van der Waals surface area contributed by atoms with Crippen molar-refractivity contribution in [2.45, 2.75) is 76.4 Å². The van der Waals surface area contributed by atoms with Gasteiger partial charge in [0.25, 0.3) is 0 Å². The van der Waals surface area contributed by atoms with Crippen LogP contribution in [-0.2, 0) is 20.7 Å². The number of carbonyl (C=O) groups is 2. The maximum atomic E-state index is 12.3. The SMILES string of the molecule is COC(=O)CCCCCC[C@H]1C(=O)C[C@H](O)[C@@H]1C#C[C@](C)(O)CCc1cccc(Cl)c1. The molecule has 1 aromatic carbocycles. The molecule has 0 amide bonds. The summed E-state index contributed by atoms with van der Waals surface area (Å²) in [6, 6.07) is 7.50. The number of aliphatic hydroxyl groups excluding tert-OH is 1. The number of methoxy groups -OCH3 is 1. The summed E-state index contributed by atoms with van der Waals surface area (Å²) in [6.45, 7) is 1.66. The van der Waals surface area contributed by atoms with Crippen molar-refractivity contribution < 1.29 is 24.5 Å². The minimum Gasteiger partial charge on any atom is -0.469 e. The molecule has 1 aliphatic carbocycles. The Morgan fingerprint density at radius 3 is 2.74 bits per heavy atom. The normalized spacial score (nSPS) is 22.5. The van der Waals surface area contributed by atoms with E-state index < -0.39 is 17.6 Å². The van der Waals surface area contributed by atoms with Crippen molar-refractivity contribution in [3.05, 3.63) is 34.9 Å². The van der Waals surface area contributed by atoms with E-state index in [9.17, 15) is 19.8 Å². The molecule has 31 heavy (non-hydrogen) atoms. The Balaban J connectivity index is 1.87. The minimum absolute atomic E-state index is 0.0416. The minimum atomic E-state index is -1.22. The van der Waals surface area contributed by atoms with Gasteiger partial charge in [-0.2, -0.15) is 0 Å². The number of rotatable bonds is 10. The van der Waals surface area contributed by atoms with Gasteiger partial charge in [-0.3, -0.25) is 9.59 Å². The summed E-state index contributed by atoms with van der Waals surface area (Å²) in [5.41, 5.74) is -0.192. The molecule has 0 saturated heterocycles. The Labute approximate surface area is 190 Å². The van der Waals surface area contributed by atoms with Crippen molar-refractivity contribution in [2.75, 3.05) is 7.11 Å². The molecule has 2 N–H and O–H groups in total. The molecule has 0 bridgehead atoms. The highest BCUT2D eigenvalue weighted by Crippen LogP contribution is 2.33. The third kappa shape index (κ3) is 8.65. The van der Waals surface area contributed by atoms with E-state index in [2.05, 4.69) is 16.6 Å². The van der Waals surface area contributed by atoms with Crippen molar-refractivity contribution in [3.63, 3.8) is 0 Å². The maximum Gasteiger partial charge on any atom is 0.305 e. The molecule has 1 fully saturated rings. The van der Waals surface area contributed by atoms with Gasteiger partial charge in [-0.05, 0) is 50.3 Å². The summed E-state index contributed by atoms with van der Waals surface area (Å²) in [6.07, 6.45) is 4.89. The van der Waals surface area contributed by atoms with Crippen molar-refractivity contribution in [3.8, 4) is 11.8 Å². The van der Waals surface area contributed by atoms with Gasteiger partial charge in [-0.1, -0.05) is 54.8 Å². The topological polar surface area (TPSA) is 83.8 Å². The van der Waals surface area contributed by atoms with Crippen molar-refractivity contribution in [1.82, 2.24) is 0 Å². The lowest BCUT2D eigenvalue weighted by Crippen LogP contribution is -2.25. The third-order valence-corrected chi connectivity index (χ3v) is 6.08. The summed E-state index contributed by atoms with van der Waals surface area (Å²) in [5.74, 6) is 5.02. The van der Waals surface area contributed by atoms with Crippen LogP contribution in [0.2, 0.25) is 5.02 Å². The van der Waals surface area contributed by atoms with E-state index in [0.29, 0.717) is 30.7 Å². The molecule has 5 nitrogen and oxygen atoms in total. The summed E-state index contributed by atoms with van der Waals surface area (Å²) in [5, 5.41) is 21.7. The number of ketones is 1. The van der Waals surface area contributed by atoms with Crippen molar-refractivity contribution in [2.24, 2.45) is 11.8 Å². The average molecular weight is 449 g/mol. The van der Waals surface area contributed by atoms with E-state index in [4.69, 9.17) is 11.6 Å². The second-order valence-electron chi connectivity index (χ2n) is 8.57. The number of benzene rings is 1. The zero-order valence-corrected chi connectivity index (χ0v) is 19.2. The highest BCUT2D eigenvalue weighted by molar-refractivity contribution is 6.30. The lowest BCUT2D eigenvalue weighted by atomic mass is 9.88. The van der Waals surface area contributed by atoms with Gasteiger partial charge in [0.05, 0.1) is 19.1 Å². The van der Waals surface area contributed by atoms with Crippen LogP contribution in [0.4, 0.5) is 0 Å². The van der Waals surface area contributed by atoms with Crippen molar-refractivity contribution >= 4 is 23.4 Å². The maximum absolute atomic E-state index is 12.3. The monoisotopic (exact) mass is 448 g/mol. The first-order valence-electron chi connectivity index (χ1n) is 11.0. The third-order valence-electron chi connectivity index (χ3n) is 5.84. The zero-order chi connectivity index (χ0) is 22.9. The number of aliphatic hydroxyl groups is 2. The molecule has 1 saturated carbocycles. The second-order valence-corrected chi connectivity index (χ2v) is 9.01. The highest BCUT2D eigenvalue weighted by Gasteiger charge is 2.40. The molecule has 0 spiro atoms. The smallest absolute Gasteiger partial charge is 0.305 e. The predicted molar refractivity (Wildman–Crippen MR) is 121 cm³/mol. The summed E-state index contributed by atoms with van der Waals surface area (Å²) < 4.78 is 4.63.